The summed E-state index contributed by atoms with van der Waals surface area (Å²) in [6.45, 7) is 2.21. The number of esters is 1. The van der Waals surface area contributed by atoms with Crippen LogP contribution in [0.15, 0.2) is 24.3 Å². The van der Waals surface area contributed by atoms with Crippen molar-refractivity contribution in [1.82, 2.24) is 4.90 Å². The lowest BCUT2D eigenvalue weighted by Crippen LogP contribution is -2.41. The zero-order valence-electron chi connectivity index (χ0n) is 13.2. The number of nitrogens with zero attached hydrogens (tertiary/aromatic N) is 1. The summed E-state index contributed by atoms with van der Waals surface area (Å²) in [7, 11) is 0. The van der Waals surface area contributed by atoms with Gasteiger partial charge in [0, 0.05) is 0 Å². The summed E-state index contributed by atoms with van der Waals surface area (Å²) in [5, 5.41) is 0. The number of carbonyl (C=O) groups is 1. The minimum absolute atomic E-state index is 0.154. The molecule has 3 nitrogen and oxygen atoms in total. The number of hydrogen-bond donors (Lipinski definition) is 0. The smallest absolute Gasteiger partial charge is 0.401 e. The Bertz CT molecular complexity index is 523. The van der Waals surface area contributed by atoms with Crippen molar-refractivity contribution in [3.05, 3.63) is 35.4 Å². The van der Waals surface area contributed by atoms with Crippen molar-refractivity contribution in [2.45, 2.75) is 32.4 Å². The Morgan fingerprint density at radius 3 is 2.61 bits per heavy atom. The van der Waals surface area contributed by atoms with E-state index in [9.17, 15) is 18.0 Å². The van der Waals surface area contributed by atoms with Crippen molar-refractivity contribution in [2.75, 3.05) is 26.2 Å². The van der Waals surface area contributed by atoms with Gasteiger partial charge in [0.1, 0.15) is 0 Å². The van der Waals surface area contributed by atoms with E-state index in [1.807, 2.05) is 31.2 Å². The minimum Gasteiger partial charge on any atom is -0.465 e. The number of aryl methyl sites for hydroxylation is 1. The average molecular weight is 329 g/mol. The molecule has 0 aromatic heterocycles. The lowest BCUT2D eigenvalue weighted by Gasteiger charge is -2.31. The fraction of sp³-hybridized carbons (Fsp3) is 0.588. The van der Waals surface area contributed by atoms with Crippen LogP contribution >= 0.6 is 0 Å². The molecule has 0 aliphatic carbocycles. The molecule has 0 N–H and O–H groups in total. The maximum atomic E-state index is 12.3. The van der Waals surface area contributed by atoms with Crippen LogP contribution in [0.3, 0.4) is 0 Å². The van der Waals surface area contributed by atoms with Crippen molar-refractivity contribution in [3.63, 3.8) is 0 Å². The molecule has 0 radical (unpaired) electrons. The van der Waals surface area contributed by atoms with Gasteiger partial charge in [-0.2, -0.15) is 13.2 Å². The molecule has 128 valence electrons. The molecule has 1 fully saturated rings. The molecule has 6 heteroatoms. The first-order valence-electron chi connectivity index (χ1n) is 7.82. The first kappa shape index (κ1) is 17.8. The van der Waals surface area contributed by atoms with E-state index in [0.29, 0.717) is 32.5 Å². The van der Waals surface area contributed by atoms with Crippen molar-refractivity contribution in [1.29, 1.82) is 0 Å². The lowest BCUT2D eigenvalue weighted by atomic mass is 9.98. The van der Waals surface area contributed by atoms with Gasteiger partial charge in [0.05, 0.1) is 19.6 Å². The van der Waals surface area contributed by atoms with Crippen LogP contribution in [-0.4, -0.2) is 43.3 Å². The van der Waals surface area contributed by atoms with Crippen molar-refractivity contribution in [3.8, 4) is 0 Å². The second-order valence-corrected chi connectivity index (χ2v) is 6.18. The van der Waals surface area contributed by atoms with Gasteiger partial charge in [-0.25, -0.2) is 0 Å². The van der Waals surface area contributed by atoms with Crippen LogP contribution in [0, 0.1) is 12.8 Å². The summed E-state index contributed by atoms with van der Waals surface area (Å²) in [5.74, 6) is -0.130. The molecule has 1 heterocycles. The van der Waals surface area contributed by atoms with E-state index in [1.54, 1.807) is 0 Å². The van der Waals surface area contributed by atoms with Crippen LogP contribution in [0.25, 0.3) is 0 Å². The maximum absolute atomic E-state index is 12.3. The standard InChI is InChI=1S/C17H22F3NO2/c1-13-3-2-4-15(9-13)10-16(22)23-11-14-5-7-21(8-6-14)12-17(18,19)20/h2-4,9,14H,5-8,10-12H2,1H3. The quantitative estimate of drug-likeness (QED) is 0.776. The third-order valence-electron chi connectivity index (χ3n) is 4.02. The third-order valence-corrected chi connectivity index (χ3v) is 4.02. The minimum atomic E-state index is -4.15. The van der Waals surface area contributed by atoms with Crippen LogP contribution in [0.4, 0.5) is 13.2 Å². The first-order valence-corrected chi connectivity index (χ1v) is 7.82. The predicted octanol–water partition coefficient (Wildman–Crippen LogP) is 3.36. The number of piperidine rings is 1. The van der Waals surface area contributed by atoms with Gasteiger partial charge < -0.3 is 4.74 Å². The van der Waals surface area contributed by atoms with Gasteiger partial charge in [0.15, 0.2) is 0 Å². The molecule has 1 aliphatic rings. The Morgan fingerprint density at radius 2 is 2.00 bits per heavy atom. The Kier molecular flexibility index (Phi) is 6.04. The van der Waals surface area contributed by atoms with Crippen LogP contribution in [-0.2, 0) is 16.0 Å². The normalized spacial score (nSPS) is 17.2. The zero-order chi connectivity index (χ0) is 16.9. The summed E-state index contributed by atoms with van der Waals surface area (Å²) >= 11 is 0. The summed E-state index contributed by atoms with van der Waals surface area (Å²) in [5.41, 5.74) is 2.00. The number of alkyl halides is 3. The molecular weight excluding hydrogens is 307 g/mol. The molecule has 0 spiro atoms. The van der Waals surface area contributed by atoms with Crippen molar-refractivity contribution in [2.24, 2.45) is 5.92 Å². The van der Waals surface area contributed by atoms with Gasteiger partial charge in [-0.1, -0.05) is 29.8 Å². The third kappa shape index (κ3) is 6.60. The highest BCUT2D eigenvalue weighted by atomic mass is 19.4. The fourth-order valence-corrected chi connectivity index (χ4v) is 2.82. The zero-order valence-corrected chi connectivity index (χ0v) is 13.2. The Morgan fingerprint density at radius 1 is 1.30 bits per heavy atom. The monoisotopic (exact) mass is 329 g/mol. The highest BCUT2D eigenvalue weighted by molar-refractivity contribution is 5.72. The van der Waals surface area contributed by atoms with Gasteiger partial charge >= 0.3 is 12.1 Å². The van der Waals surface area contributed by atoms with E-state index in [0.717, 1.165) is 11.1 Å². The number of hydrogen-bond acceptors (Lipinski definition) is 3. The van der Waals surface area contributed by atoms with E-state index in [4.69, 9.17) is 4.74 Å². The van der Waals surface area contributed by atoms with Gasteiger partial charge in [-0.15, -0.1) is 0 Å². The molecule has 0 bridgehead atoms. The van der Waals surface area contributed by atoms with Crippen LogP contribution in [0.2, 0.25) is 0 Å². The van der Waals surface area contributed by atoms with Crippen LogP contribution in [0.5, 0.6) is 0 Å². The average Bonchev–Trinajstić information content (AvgIpc) is 2.45. The molecular formula is C17H22F3NO2. The number of carbonyl (C=O) groups excluding carboxylic acids is 1. The summed E-state index contributed by atoms with van der Waals surface area (Å²) in [4.78, 5) is 13.2. The highest BCUT2D eigenvalue weighted by Crippen LogP contribution is 2.22. The number of halogens is 3. The highest BCUT2D eigenvalue weighted by Gasteiger charge is 2.32. The van der Waals surface area contributed by atoms with E-state index in [2.05, 4.69) is 0 Å². The van der Waals surface area contributed by atoms with Gasteiger partial charge in [0.25, 0.3) is 0 Å². The molecule has 0 saturated carbocycles. The van der Waals surface area contributed by atoms with Crippen molar-refractivity contribution >= 4 is 5.97 Å². The molecule has 0 amide bonds. The van der Waals surface area contributed by atoms with Crippen molar-refractivity contribution < 1.29 is 22.7 Å². The number of likely N-dealkylation sites (tertiary alicyclic amines) is 1. The van der Waals surface area contributed by atoms with E-state index < -0.39 is 12.7 Å². The fourth-order valence-electron chi connectivity index (χ4n) is 2.82. The molecule has 1 aliphatic heterocycles. The van der Waals surface area contributed by atoms with E-state index in [1.165, 1.54) is 4.90 Å². The summed E-state index contributed by atoms with van der Waals surface area (Å²) in [6.07, 6.45) is -2.65. The second-order valence-electron chi connectivity index (χ2n) is 6.18. The molecule has 1 saturated heterocycles. The number of benzene rings is 1. The maximum Gasteiger partial charge on any atom is 0.401 e. The van der Waals surface area contributed by atoms with Crippen LogP contribution < -0.4 is 0 Å². The second kappa shape index (κ2) is 7.81. The van der Waals surface area contributed by atoms with Gasteiger partial charge in [-0.05, 0) is 44.3 Å². The number of rotatable bonds is 5. The molecule has 1 aromatic carbocycles. The predicted molar refractivity (Wildman–Crippen MR) is 81.1 cm³/mol. The lowest BCUT2D eigenvalue weighted by molar-refractivity contribution is -0.150. The molecule has 2 rings (SSSR count). The molecule has 23 heavy (non-hydrogen) atoms. The van der Waals surface area contributed by atoms with E-state index >= 15 is 0 Å². The Labute approximate surface area is 134 Å². The summed E-state index contributed by atoms with van der Waals surface area (Å²) < 4.78 is 42.2. The molecule has 1 aromatic rings. The first-order chi connectivity index (χ1) is 10.8. The number of ether oxygens (including phenoxy) is 1. The molecule has 0 atom stereocenters. The Balaban J connectivity index is 1.68. The van der Waals surface area contributed by atoms with E-state index in [-0.39, 0.29) is 18.3 Å². The van der Waals surface area contributed by atoms with Gasteiger partial charge in [-0.3, -0.25) is 9.69 Å². The topological polar surface area (TPSA) is 29.5 Å². The van der Waals surface area contributed by atoms with Crippen LogP contribution in [0.1, 0.15) is 24.0 Å². The largest absolute Gasteiger partial charge is 0.465 e. The molecule has 0 unspecified atom stereocenters. The van der Waals surface area contributed by atoms with Gasteiger partial charge in [0.2, 0.25) is 0 Å². The Hall–Kier alpha value is -1.56. The SMILES string of the molecule is Cc1cccc(CC(=O)OCC2CCN(CC(F)(F)F)CC2)c1. The summed E-state index contributed by atoms with van der Waals surface area (Å²) in [6, 6.07) is 7.68.